The summed E-state index contributed by atoms with van der Waals surface area (Å²) in [6.07, 6.45) is 0. The van der Waals surface area contributed by atoms with Crippen LogP contribution >= 0.6 is 0 Å². The van der Waals surface area contributed by atoms with Crippen molar-refractivity contribution in [2.24, 2.45) is 0 Å². The average molecular weight is 602 g/mol. The first-order valence-electron chi connectivity index (χ1n) is 13.6. The van der Waals surface area contributed by atoms with Crippen molar-refractivity contribution in [2.45, 2.75) is 19.6 Å². The van der Waals surface area contributed by atoms with E-state index < -0.39 is 26.8 Å². The van der Waals surface area contributed by atoms with E-state index in [1.165, 1.54) is 0 Å². The van der Waals surface area contributed by atoms with Gasteiger partial charge in [0.2, 0.25) is 5.91 Å². The van der Waals surface area contributed by atoms with E-state index in [0.29, 0.717) is 119 Å². The Balaban J connectivity index is 3.11. The SMILES string of the molecule is C[Si](C)(C)OCCOCCOCCOCCOCCOCCOCCOCCOCCNC(=O)COCC(=O)O. The lowest BCUT2D eigenvalue weighted by atomic mass is 10.6. The number of hydrogen-bond donors (Lipinski definition) is 2. The molecule has 15 heteroatoms. The lowest BCUT2D eigenvalue weighted by Crippen LogP contribution is -2.31. The lowest BCUT2D eigenvalue weighted by molar-refractivity contribution is -0.143. The molecule has 0 aliphatic rings. The minimum absolute atomic E-state index is 0.297. The molecule has 0 atom stereocenters. The fourth-order valence-electron chi connectivity index (χ4n) is 2.59. The number of ether oxygens (including phenoxy) is 9. The van der Waals surface area contributed by atoms with Gasteiger partial charge in [0, 0.05) is 6.54 Å². The van der Waals surface area contributed by atoms with Crippen molar-refractivity contribution >= 4 is 20.2 Å². The highest BCUT2D eigenvalue weighted by molar-refractivity contribution is 6.69. The molecule has 2 N–H and O–H groups in total. The van der Waals surface area contributed by atoms with E-state index in [9.17, 15) is 9.59 Å². The zero-order chi connectivity index (χ0) is 29.6. The molecule has 0 aromatic carbocycles. The number of rotatable bonds is 32. The first-order valence-corrected chi connectivity index (χ1v) is 17.0. The molecule has 0 fully saturated rings. The van der Waals surface area contributed by atoms with Crippen LogP contribution in [-0.4, -0.2) is 157 Å². The highest BCUT2D eigenvalue weighted by Gasteiger charge is 2.13. The molecule has 0 heterocycles. The molecule has 0 saturated heterocycles. The van der Waals surface area contributed by atoms with E-state index >= 15 is 0 Å². The maximum Gasteiger partial charge on any atom is 0.329 e. The van der Waals surface area contributed by atoms with Gasteiger partial charge in [0.25, 0.3) is 0 Å². The summed E-state index contributed by atoms with van der Waals surface area (Å²) in [6, 6.07) is 0. The van der Waals surface area contributed by atoms with Crippen molar-refractivity contribution < 1.29 is 61.8 Å². The van der Waals surface area contributed by atoms with Gasteiger partial charge in [-0.05, 0) is 19.6 Å². The molecule has 1 amide bonds. The van der Waals surface area contributed by atoms with E-state index in [0.717, 1.165) is 0 Å². The molecule has 0 rings (SSSR count). The summed E-state index contributed by atoms with van der Waals surface area (Å²) in [4.78, 5) is 21.6. The van der Waals surface area contributed by atoms with Gasteiger partial charge in [-0.2, -0.15) is 0 Å². The second-order valence-electron chi connectivity index (χ2n) is 9.10. The number of amides is 1. The third-order valence-electron chi connectivity index (χ3n) is 4.39. The maximum atomic E-state index is 11.3. The second kappa shape index (κ2) is 29.3. The van der Waals surface area contributed by atoms with Gasteiger partial charge < -0.3 is 57.5 Å². The van der Waals surface area contributed by atoms with Crippen LogP contribution in [0.3, 0.4) is 0 Å². The van der Waals surface area contributed by atoms with Gasteiger partial charge in [0.1, 0.15) is 13.2 Å². The van der Waals surface area contributed by atoms with Crippen LogP contribution in [0.2, 0.25) is 19.6 Å². The van der Waals surface area contributed by atoms with Gasteiger partial charge in [-0.3, -0.25) is 4.79 Å². The fraction of sp³-hybridized carbons (Fsp3) is 0.920. The van der Waals surface area contributed by atoms with Gasteiger partial charge in [0.05, 0.1) is 112 Å². The summed E-state index contributed by atoms with van der Waals surface area (Å²) in [7, 11) is -1.46. The Bertz CT molecular complexity index is 581. The van der Waals surface area contributed by atoms with Gasteiger partial charge in [-0.15, -0.1) is 0 Å². The fourth-order valence-corrected chi connectivity index (χ4v) is 3.29. The van der Waals surface area contributed by atoms with Gasteiger partial charge in [-0.1, -0.05) is 0 Å². The molecule has 0 aliphatic heterocycles. The quantitative estimate of drug-likeness (QED) is 0.0796. The van der Waals surface area contributed by atoms with Crippen LogP contribution in [-0.2, 0) is 56.6 Å². The van der Waals surface area contributed by atoms with Crippen molar-refractivity contribution in [1.82, 2.24) is 5.32 Å². The molecule has 0 aromatic rings. The highest BCUT2D eigenvalue weighted by Crippen LogP contribution is 2.01. The molecule has 0 aromatic heterocycles. The topological polar surface area (TPSA) is 159 Å². The van der Waals surface area contributed by atoms with Crippen LogP contribution in [0.15, 0.2) is 0 Å². The van der Waals surface area contributed by atoms with Crippen LogP contribution < -0.4 is 5.32 Å². The first-order chi connectivity index (χ1) is 19.3. The third kappa shape index (κ3) is 34.8. The second-order valence-corrected chi connectivity index (χ2v) is 13.6. The molecule has 0 spiro atoms. The van der Waals surface area contributed by atoms with E-state index in [-0.39, 0.29) is 6.61 Å². The normalized spacial score (nSPS) is 11.7. The third-order valence-corrected chi connectivity index (χ3v) is 5.46. The summed E-state index contributed by atoms with van der Waals surface area (Å²) in [5, 5.41) is 11.0. The smallest absolute Gasteiger partial charge is 0.329 e. The number of nitrogens with one attached hydrogen (secondary N) is 1. The number of carbonyl (C=O) groups is 2. The van der Waals surface area contributed by atoms with Gasteiger partial charge in [0.15, 0.2) is 8.32 Å². The van der Waals surface area contributed by atoms with Crippen molar-refractivity contribution in [2.75, 3.05) is 132 Å². The minimum Gasteiger partial charge on any atom is -0.480 e. The van der Waals surface area contributed by atoms with Crippen LogP contribution in [0, 0.1) is 0 Å². The predicted molar refractivity (Wildman–Crippen MR) is 147 cm³/mol. The van der Waals surface area contributed by atoms with E-state index in [1.807, 2.05) is 0 Å². The van der Waals surface area contributed by atoms with E-state index in [4.69, 9.17) is 47.4 Å². The van der Waals surface area contributed by atoms with Crippen molar-refractivity contribution in [3.8, 4) is 0 Å². The summed E-state index contributed by atoms with van der Waals surface area (Å²) in [5.74, 6) is -1.51. The zero-order valence-corrected chi connectivity index (χ0v) is 25.5. The maximum absolute atomic E-state index is 11.3. The number of aliphatic carboxylic acids is 1. The molecule has 0 unspecified atom stereocenters. The van der Waals surface area contributed by atoms with Crippen LogP contribution in [0.1, 0.15) is 0 Å². The predicted octanol–water partition coefficient (Wildman–Crippen LogP) is 0.188. The number of carboxylic acids is 1. The summed E-state index contributed by atoms with van der Waals surface area (Å²) >= 11 is 0. The molecule has 40 heavy (non-hydrogen) atoms. The summed E-state index contributed by atoms with van der Waals surface area (Å²) in [5.41, 5.74) is 0. The Kier molecular flexibility index (Phi) is 28.3. The van der Waals surface area contributed by atoms with Gasteiger partial charge >= 0.3 is 5.97 Å². The molecular formula is C25H51NO13Si. The molecule has 238 valence electrons. The summed E-state index contributed by atoms with van der Waals surface area (Å²) < 4.78 is 53.7. The highest BCUT2D eigenvalue weighted by atomic mass is 28.4. The van der Waals surface area contributed by atoms with Gasteiger partial charge in [-0.25, -0.2) is 4.79 Å². The van der Waals surface area contributed by atoms with Crippen LogP contribution in [0.25, 0.3) is 0 Å². The molecule has 0 bridgehead atoms. The Morgan fingerprint density at radius 1 is 0.500 bits per heavy atom. The van der Waals surface area contributed by atoms with Crippen LogP contribution in [0.4, 0.5) is 0 Å². The van der Waals surface area contributed by atoms with Crippen LogP contribution in [0.5, 0.6) is 0 Å². The Hall–Kier alpha value is -1.24. The molecule has 0 aliphatic carbocycles. The first kappa shape index (κ1) is 38.8. The number of carbonyl (C=O) groups excluding carboxylic acids is 1. The largest absolute Gasteiger partial charge is 0.480 e. The molecule has 14 nitrogen and oxygen atoms in total. The Morgan fingerprint density at radius 3 is 1.15 bits per heavy atom. The number of hydrogen-bond acceptors (Lipinski definition) is 12. The van der Waals surface area contributed by atoms with Crippen molar-refractivity contribution in [1.29, 1.82) is 0 Å². The van der Waals surface area contributed by atoms with Crippen molar-refractivity contribution in [3.63, 3.8) is 0 Å². The average Bonchev–Trinajstić information content (AvgIpc) is 2.89. The van der Waals surface area contributed by atoms with E-state index in [1.54, 1.807) is 0 Å². The minimum atomic E-state index is -1.46. The Morgan fingerprint density at radius 2 is 0.825 bits per heavy atom. The molecule has 0 radical (unpaired) electrons. The molecule has 0 saturated carbocycles. The number of carboxylic acid groups (broad SMARTS) is 1. The van der Waals surface area contributed by atoms with Crippen molar-refractivity contribution in [3.05, 3.63) is 0 Å². The summed E-state index contributed by atoms with van der Waals surface area (Å²) in [6.45, 7) is 14.3. The monoisotopic (exact) mass is 601 g/mol. The standard InChI is InChI=1S/C25H51NO13Si/c1-40(2,3)39-21-20-37-19-18-36-17-16-35-15-14-34-13-12-33-11-10-32-9-8-31-7-6-30-5-4-26-24(27)22-38-23-25(28)29/h4-23H2,1-3H3,(H,26,27)(H,28,29). The van der Waals surface area contributed by atoms with E-state index in [2.05, 4.69) is 29.7 Å². The molecular weight excluding hydrogens is 550 g/mol. The zero-order valence-electron chi connectivity index (χ0n) is 24.5. The lowest BCUT2D eigenvalue weighted by Gasteiger charge is -2.16. The Labute approximate surface area is 239 Å².